The number of primary amides is 3. The Bertz CT molecular complexity index is 4240. The number of ether oxygens (including phenoxy) is 10. The minimum Gasteiger partial charge on any atom is -0.870 e. The van der Waals surface area contributed by atoms with E-state index in [0.29, 0.717) is 104 Å². The van der Waals surface area contributed by atoms with Crippen LogP contribution in [-0.4, -0.2) is 209 Å². The van der Waals surface area contributed by atoms with Crippen molar-refractivity contribution in [1.29, 1.82) is 11.1 Å². The molecule has 128 heavy (non-hydrogen) atoms. The van der Waals surface area contributed by atoms with Gasteiger partial charge in [0.1, 0.15) is 42.1 Å². The predicted octanol–water partition coefficient (Wildman–Crippen LogP) is 10.7. The van der Waals surface area contributed by atoms with Crippen molar-refractivity contribution in [2.24, 2.45) is 108 Å². The number of carboxylic acid groups (broad SMARTS) is 1. The van der Waals surface area contributed by atoms with Crippen LogP contribution in [0.5, 0.6) is 23.5 Å². The molecule has 4 aromatic heterocycles. The standard InChI is InChI=1S/C25H38N4O5.C17H27N3O5.C16H26N2O4.C15H23N3O5.C10H17NO.C4H8O.ClH.Li.H2N4.H2O/c1-16(2)13-33-21-19(12-27-29(21)6-5-23(3,4)15-34-22(26)31)20(30)28-24-8-17-7-18(9-24)11-25(32,10-17)14-24;1-6-23-15(21)13-9-19-20(14(13)24-10-12(2)3)8-7-17(4,5)11-25-16(18)22;1-6-21-15(20)13-9-17-18(8-7-16(4,5)11-19)14(13)22-10-12(2)3;1-10(2)8-22-12-11(13(19)20)7-17-18(12)6-5-15(3,4)9-23-14(16)21;11-9-7-1-6-2-8(9)5-10(12,3-6)4-7;1-2-4-5-3-1;;;1-3-4-2;/h5-6,12,16-18,32H,7-11,13-15H2,1-4H3,(H2,26,31)(H,28,30);7-9,12H,6,10-11H2,1-5H3,(H2,18,22);7-9,12,19H,6,10-11H2,1-5H3;5-7,10H,8-9H2,1-4H3,(H2,16,21)(H,19,20);6-9,12H,1-5,11H2;1-4H2;1H;;1-2H;1H2/q;;;;;;;+1;;/p-1/b6-5+;2*8-7+;6-5+;;;;;;. The molecule has 0 radical (unpaired) electrons. The van der Waals surface area contributed by atoms with E-state index in [-0.39, 0.29) is 127 Å². The van der Waals surface area contributed by atoms with E-state index in [0.717, 1.165) is 70.5 Å². The average Bonchev–Trinajstić information content (AvgIpc) is 0.910. The number of halogens is 1. The molecule has 0 spiro atoms. The van der Waals surface area contributed by atoms with E-state index in [1.165, 1.54) is 69.2 Å². The van der Waals surface area contributed by atoms with Gasteiger partial charge >= 0.3 is 55.0 Å². The topological polar surface area (TPSA) is 583 Å². The van der Waals surface area contributed by atoms with Crippen LogP contribution in [0.15, 0.2) is 59.5 Å². The molecule has 8 saturated carbocycles. The van der Waals surface area contributed by atoms with E-state index in [1.807, 2.05) is 123 Å². The first-order chi connectivity index (χ1) is 58.5. The molecule has 9 aliphatic rings. The Hall–Kier alpha value is -9.46. The summed E-state index contributed by atoms with van der Waals surface area (Å²) in [6.07, 6.45) is 30.4. The van der Waals surface area contributed by atoms with Crippen molar-refractivity contribution in [3.63, 3.8) is 0 Å². The molecule has 16 N–H and O–H groups in total. The van der Waals surface area contributed by atoms with E-state index >= 15 is 0 Å². The Kier molecular flexibility index (Phi) is 47.5. The Labute approximate surface area is 769 Å². The average molecular weight is 1820 g/mol. The van der Waals surface area contributed by atoms with Gasteiger partial charge in [-0.25, -0.2) is 47.5 Å². The maximum atomic E-state index is 13.5. The summed E-state index contributed by atoms with van der Waals surface area (Å²) in [7, 11) is 0. The number of nitrogens with two attached hydrogens (primary N) is 4. The van der Waals surface area contributed by atoms with E-state index in [4.69, 9.17) is 81.4 Å². The number of aliphatic hydroxyl groups excluding tert-OH is 1. The van der Waals surface area contributed by atoms with Crippen LogP contribution in [0.3, 0.4) is 0 Å². The summed E-state index contributed by atoms with van der Waals surface area (Å²) in [5.74, 6) is 3.05. The molecule has 4 aromatic rings. The van der Waals surface area contributed by atoms with Crippen LogP contribution in [0.4, 0.5) is 14.4 Å². The summed E-state index contributed by atoms with van der Waals surface area (Å²) in [4.78, 5) is 81.1. The number of carboxylic acids is 1. The van der Waals surface area contributed by atoms with Gasteiger partial charge in [-0.2, -0.15) is 31.5 Å². The predicted molar refractivity (Wildman–Crippen MR) is 475 cm³/mol. The number of nitrogens with one attached hydrogen (secondary N) is 3. The first kappa shape index (κ1) is 115. The molecule has 39 nitrogen and oxygen atoms in total. The molecule has 5 heterocycles. The zero-order valence-electron chi connectivity index (χ0n) is 78.2. The number of hydrogen-bond acceptors (Lipinski definition) is 28. The van der Waals surface area contributed by atoms with Crippen molar-refractivity contribution < 1.29 is 126 Å². The van der Waals surface area contributed by atoms with E-state index in [1.54, 1.807) is 50.8 Å². The first-order valence-corrected chi connectivity index (χ1v) is 42.9. The smallest absolute Gasteiger partial charge is 0.870 e. The maximum absolute atomic E-state index is 13.5. The number of hydrogen-bond donors (Lipinski definition) is 11. The van der Waals surface area contributed by atoms with Crippen molar-refractivity contribution in [3.05, 3.63) is 71.3 Å². The third-order valence-electron chi connectivity index (χ3n) is 21.1. The second kappa shape index (κ2) is 53.0. The number of aliphatic hydroxyl groups is 3. The van der Waals surface area contributed by atoms with Gasteiger partial charge in [-0.15, -0.1) is 12.4 Å². The molecule has 9 fully saturated rings. The van der Waals surface area contributed by atoms with Crippen molar-refractivity contribution in [2.45, 2.75) is 231 Å². The first-order valence-electron chi connectivity index (χ1n) is 42.9. The van der Waals surface area contributed by atoms with Gasteiger partial charge in [-0.05, 0) is 161 Å². The molecule has 4 unspecified atom stereocenters. The minimum absolute atomic E-state index is 0. The Morgan fingerprint density at radius 1 is 0.516 bits per heavy atom. The Balaban J connectivity index is 0.000000537. The number of aromatic nitrogens is 8. The van der Waals surface area contributed by atoms with Gasteiger partial charge in [0.15, 0.2) is 0 Å². The number of esters is 2. The van der Waals surface area contributed by atoms with E-state index in [9.17, 15) is 54.0 Å². The fourth-order valence-electron chi connectivity index (χ4n) is 15.6. The molecule has 13 rings (SSSR count). The van der Waals surface area contributed by atoms with Crippen LogP contribution >= 0.6 is 12.4 Å². The molecule has 8 bridgehead atoms. The third-order valence-corrected chi connectivity index (χ3v) is 21.1. The van der Waals surface area contributed by atoms with Gasteiger partial charge in [-0.1, -0.05) is 135 Å². The summed E-state index contributed by atoms with van der Waals surface area (Å²) in [5, 5.41) is 64.2. The maximum Gasteiger partial charge on any atom is 1.00 e. The molecule has 1 saturated heterocycles. The molecule has 4 atom stereocenters. The van der Waals surface area contributed by atoms with Crippen molar-refractivity contribution in [1.82, 2.24) is 44.4 Å². The molecule has 0 aromatic carbocycles. The van der Waals surface area contributed by atoms with Crippen LogP contribution in [0.2, 0.25) is 0 Å². The Morgan fingerprint density at radius 2 is 0.836 bits per heavy atom. The van der Waals surface area contributed by atoms with Gasteiger partial charge in [0, 0.05) is 71.3 Å². The number of carbonyl (C=O) groups is 7. The molecule has 716 valence electrons. The number of aromatic carboxylic acids is 1. The van der Waals surface area contributed by atoms with Crippen molar-refractivity contribution in [2.75, 3.05) is 79.3 Å². The van der Waals surface area contributed by atoms with Gasteiger partial charge < -0.3 is 102 Å². The minimum atomic E-state index is -1.11. The quantitative estimate of drug-likeness (QED) is 0.00670. The second-order valence-corrected chi connectivity index (χ2v) is 37.7. The van der Waals surface area contributed by atoms with Crippen molar-refractivity contribution >= 4 is 79.3 Å². The molecule has 41 heteroatoms. The molecule has 8 aliphatic carbocycles. The summed E-state index contributed by atoms with van der Waals surface area (Å²) in [5.41, 5.74) is 30.3. The monoisotopic (exact) mass is 1820 g/mol. The van der Waals surface area contributed by atoms with Gasteiger partial charge in [0.2, 0.25) is 23.5 Å². The van der Waals surface area contributed by atoms with E-state index in [2.05, 4.69) is 36.2 Å². The number of rotatable bonds is 35. The van der Waals surface area contributed by atoms with E-state index < -0.39 is 58.0 Å². The van der Waals surface area contributed by atoms with Gasteiger partial charge in [-0.3, -0.25) is 4.79 Å². The zero-order chi connectivity index (χ0) is 93.4. The van der Waals surface area contributed by atoms with Gasteiger partial charge in [0.25, 0.3) is 5.91 Å². The SMILES string of the molecule is C1CCOC1.CC(C)COc1c(C(=O)NC23CC4CC(CC(O)(C4)C2)C3)cnn1/C=C/C(C)(C)COC(N)=O.CC(C)COc1c(C(=O)O)cnn1/C=C/C(C)(C)COC(N)=O.CCOC(=O)c1cnn(/C=C/C(C)(C)CO)c1OCC(C)C.CCOC(=O)c1cnn(/C=C/C(C)(C)COC(N)=O)c1OCC(C)C.Cl.N=NN=N.NC1C2CC3CC1CC(O)(C3)C2.[Li+].[OH-]. The van der Waals surface area contributed by atoms with Crippen LogP contribution in [0.1, 0.15) is 250 Å². The largest absolute Gasteiger partial charge is 1.00 e. The molecular weight excluding hydrogens is 1680 g/mol. The van der Waals surface area contributed by atoms with Crippen LogP contribution < -0.4 is 66.1 Å². The Morgan fingerprint density at radius 3 is 1.12 bits per heavy atom. The number of amides is 4. The van der Waals surface area contributed by atoms with Crippen LogP contribution in [0, 0.1) is 86.0 Å². The fraction of sp³-hybridized carbons (Fsp3) is 0.690. The summed E-state index contributed by atoms with van der Waals surface area (Å²) >= 11 is 0. The molecule has 1 aliphatic heterocycles. The molecular formula is C87H143ClLiN17O22. The summed E-state index contributed by atoms with van der Waals surface area (Å²) in [6, 6.07) is 0.404. The summed E-state index contributed by atoms with van der Waals surface area (Å²) in [6.45, 7) is 39.1. The van der Waals surface area contributed by atoms with Crippen molar-refractivity contribution in [3.8, 4) is 23.5 Å². The molecule has 4 amide bonds. The number of nitrogens with zero attached hydrogens (tertiary/aromatic N) is 10. The third kappa shape index (κ3) is 38.3. The van der Waals surface area contributed by atoms with Crippen LogP contribution in [0.25, 0.3) is 24.8 Å². The zero-order valence-corrected chi connectivity index (χ0v) is 79.1. The number of carbonyl (C=O) groups excluding carboxylic acids is 6. The second-order valence-electron chi connectivity index (χ2n) is 37.7. The van der Waals surface area contributed by atoms with Crippen LogP contribution in [-0.2, 0) is 28.4 Å². The fourth-order valence-corrected chi connectivity index (χ4v) is 15.6. The summed E-state index contributed by atoms with van der Waals surface area (Å²) < 4.78 is 58.4. The normalized spacial score (nSPS) is 21.5. The van der Waals surface area contributed by atoms with Gasteiger partial charge in [0.05, 0.1) is 82.2 Å².